The standard InChI is InChI=1S/C14H16BrNO4/c1-14(8-20-14)13(18)16-11(7-12(17)19-2)9-4-3-5-10(15)6-9/h3-6,11H,7-8H2,1-2H3,(H,16,18)/t11-,14?/m1/s1. The molecule has 1 aromatic carbocycles. The highest BCUT2D eigenvalue weighted by atomic mass is 79.9. The Morgan fingerprint density at radius 1 is 1.55 bits per heavy atom. The lowest BCUT2D eigenvalue weighted by Gasteiger charge is -2.19. The normalized spacial score (nSPS) is 21.9. The van der Waals surface area contributed by atoms with Crippen LogP contribution in [-0.4, -0.2) is 31.2 Å². The van der Waals surface area contributed by atoms with Gasteiger partial charge in [0.15, 0.2) is 5.60 Å². The fraction of sp³-hybridized carbons (Fsp3) is 0.429. The van der Waals surface area contributed by atoms with E-state index in [2.05, 4.69) is 26.0 Å². The minimum atomic E-state index is -0.764. The molecule has 0 saturated carbocycles. The summed E-state index contributed by atoms with van der Waals surface area (Å²) in [6.07, 6.45) is 0.0781. The molecule has 1 saturated heterocycles. The highest BCUT2D eigenvalue weighted by molar-refractivity contribution is 9.10. The van der Waals surface area contributed by atoms with Crippen molar-refractivity contribution >= 4 is 27.8 Å². The molecule has 1 fully saturated rings. The van der Waals surface area contributed by atoms with E-state index < -0.39 is 11.6 Å². The lowest BCUT2D eigenvalue weighted by molar-refractivity contribution is -0.141. The molecule has 1 aliphatic heterocycles. The zero-order chi connectivity index (χ0) is 14.8. The van der Waals surface area contributed by atoms with Crippen LogP contribution in [0.1, 0.15) is 24.9 Å². The van der Waals surface area contributed by atoms with Crippen molar-refractivity contribution in [3.8, 4) is 0 Å². The van der Waals surface area contributed by atoms with E-state index in [0.29, 0.717) is 6.61 Å². The maximum Gasteiger partial charge on any atom is 0.307 e. The first-order chi connectivity index (χ1) is 9.44. The monoisotopic (exact) mass is 341 g/mol. The highest BCUT2D eigenvalue weighted by Gasteiger charge is 2.48. The molecule has 2 rings (SSSR count). The quantitative estimate of drug-likeness (QED) is 0.656. The van der Waals surface area contributed by atoms with Crippen LogP contribution in [0.3, 0.4) is 0 Å². The number of carbonyl (C=O) groups is 2. The van der Waals surface area contributed by atoms with Gasteiger partial charge < -0.3 is 14.8 Å². The third kappa shape index (κ3) is 3.58. The van der Waals surface area contributed by atoms with E-state index in [4.69, 9.17) is 4.74 Å². The molecule has 0 radical (unpaired) electrons. The van der Waals surface area contributed by atoms with Gasteiger partial charge in [0, 0.05) is 4.47 Å². The molecule has 1 heterocycles. The van der Waals surface area contributed by atoms with Crippen molar-refractivity contribution in [3.05, 3.63) is 34.3 Å². The van der Waals surface area contributed by atoms with Crippen molar-refractivity contribution in [3.63, 3.8) is 0 Å². The van der Waals surface area contributed by atoms with Gasteiger partial charge in [-0.3, -0.25) is 9.59 Å². The van der Waals surface area contributed by atoms with Crippen LogP contribution in [0.2, 0.25) is 0 Å². The van der Waals surface area contributed by atoms with Gasteiger partial charge in [-0.1, -0.05) is 28.1 Å². The van der Waals surface area contributed by atoms with Crippen molar-refractivity contribution in [2.75, 3.05) is 13.7 Å². The fourth-order valence-electron chi connectivity index (χ4n) is 1.78. The molecule has 0 aliphatic carbocycles. The van der Waals surface area contributed by atoms with Gasteiger partial charge in [0.05, 0.1) is 26.2 Å². The summed E-state index contributed by atoms with van der Waals surface area (Å²) in [6, 6.07) is 7.02. The Morgan fingerprint density at radius 2 is 2.25 bits per heavy atom. The van der Waals surface area contributed by atoms with E-state index in [0.717, 1.165) is 10.0 Å². The largest absolute Gasteiger partial charge is 0.469 e. The number of halogens is 1. The number of nitrogens with one attached hydrogen (secondary N) is 1. The number of carbonyl (C=O) groups excluding carboxylic acids is 2. The number of amides is 1. The third-order valence-electron chi connectivity index (χ3n) is 3.21. The van der Waals surface area contributed by atoms with E-state index in [-0.39, 0.29) is 18.3 Å². The Morgan fingerprint density at radius 3 is 2.80 bits per heavy atom. The van der Waals surface area contributed by atoms with Gasteiger partial charge in [-0.05, 0) is 24.6 Å². The molecule has 0 aromatic heterocycles. The predicted molar refractivity (Wildman–Crippen MR) is 76.0 cm³/mol. The Balaban J connectivity index is 2.15. The lowest BCUT2D eigenvalue weighted by Crippen LogP contribution is -2.38. The van der Waals surface area contributed by atoms with Gasteiger partial charge >= 0.3 is 5.97 Å². The minimum Gasteiger partial charge on any atom is -0.469 e. The van der Waals surface area contributed by atoms with Crippen LogP contribution in [0.5, 0.6) is 0 Å². The molecular formula is C14H16BrNO4. The number of benzene rings is 1. The Kier molecular flexibility index (Phi) is 4.45. The van der Waals surface area contributed by atoms with Crippen LogP contribution < -0.4 is 5.32 Å². The average molecular weight is 342 g/mol. The van der Waals surface area contributed by atoms with Crippen molar-refractivity contribution in [2.45, 2.75) is 25.0 Å². The van der Waals surface area contributed by atoms with E-state index in [9.17, 15) is 9.59 Å². The molecule has 1 aliphatic rings. The zero-order valence-electron chi connectivity index (χ0n) is 11.3. The summed E-state index contributed by atoms with van der Waals surface area (Å²) in [4.78, 5) is 23.6. The van der Waals surface area contributed by atoms with E-state index in [1.165, 1.54) is 7.11 Å². The number of methoxy groups -OCH3 is 1. The summed E-state index contributed by atoms with van der Waals surface area (Å²) in [6.45, 7) is 2.13. The SMILES string of the molecule is COC(=O)C[C@@H](NC(=O)C1(C)CO1)c1cccc(Br)c1. The number of esters is 1. The number of hydrogen-bond acceptors (Lipinski definition) is 4. The Bertz CT molecular complexity index is 528. The summed E-state index contributed by atoms with van der Waals surface area (Å²) in [5.74, 6) is -0.594. The molecule has 108 valence electrons. The van der Waals surface area contributed by atoms with Gasteiger partial charge in [-0.25, -0.2) is 0 Å². The summed E-state index contributed by atoms with van der Waals surface area (Å²) in [7, 11) is 1.33. The molecule has 1 N–H and O–H groups in total. The maximum atomic E-state index is 12.1. The first kappa shape index (κ1) is 15.0. The van der Waals surface area contributed by atoms with E-state index in [1.54, 1.807) is 6.92 Å². The summed E-state index contributed by atoms with van der Waals surface area (Å²) >= 11 is 3.38. The average Bonchev–Trinajstić information content (AvgIpc) is 3.17. The van der Waals surface area contributed by atoms with Crippen LogP contribution in [0.25, 0.3) is 0 Å². The lowest BCUT2D eigenvalue weighted by atomic mass is 10.0. The molecule has 0 bridgehead atoms. The fourth-order valence-corrected chi connectivity index (χ4v) is 2.19. The highest BCUT2D eigenvalue weighted by Crippen LogP contribution is 2.28. The third-order valence-corrected chi connectivity index (χ3v) is 3.71. The van der Waals surface area contributed by atoms with Gasteiger partial charge in [0.25, 0.3) is 5.91 Å². The molecule has 5 nitrogen and oxygen atoms in total. The molecule has 1 aromatic rings. The Hall–Kier alpha value is -1.40. The first-order valence-corrected chi connectivity index (χ1v) is 7.01. The topological polar surface area (TPSA) is 67.9 Å². The van der Waals surface area contributed by atoms with Gasteiger partial charge in [0.1, 0.15) is 0 Å². The van der Waals surface area contributed by atoms with E-state index in [1.807, 2.05) is 24.3 Å². The van der Waals surface area contributed by atoms with Crippen LogP contribution in [0.4, 0.5) is 0 Å². The number of epoxide rings is 1. The second-order valence-corrected chi connectivity index (χ2v) is 5.80. The first-order valence-electron chi connectivity index (χ1n) is 6.22. The smallest absolute Gasteiger partial charge is 0.307 e. The molecule has 1 amide bonds. The second-order valence-electron chi connectivity index (χ2n) is 4.88. The van der Waals surface area contributed by atoms with Gasteiger partial charge in [-0.2, -0.15) is 0 Å². The molecule has 20 heavy (non-hydrogen) atoms. The zero-order valence-corrected chi connectivity index (χ0v) is 12.9. The molecule has 1 unspecified atom stereocenters. The Labute approximate surface area is 125 Å². The van der Waals surface area contributed by atoms with Gasteiger partial charge in [-0.15, -0.1) is 0 Å². The molecular weight excluding hydrogens is 326 g/mol. The van der Waals surface area contributed by atoms with Crippen molar-refractivity contribution in [1.82, 2.24) is 5.32 Å². The van der Waals surface area contributed by atoms with Crippen LogP contribution in [0, 0.1) is 0 Å². The predicted octanol–water partition coefficient (Wildman–Crippen LogP) is 1.96. The van der Waals surface area contributed by atoms with Crippen LogP contribution >= 0.6 is 15.9 Å². The summed E-state index contributed by atoms with van der Waals surface area (Å²) < 4.78 is 10.7. The number of ether oxygens (including phenoxy) is 2. The summed E-state index contributed by atoms with van der Waals surface area (Å²) in [5, 5.41) is 2.84. The van der Waals surface area contributed by atoms with Crippen LogP contribution in [-0.2, 0) is 19.1 Å². The maximum absolute atomic E-state index is 12.1. The van der Waals surface area contributed by atoms with Crippen molar-refractivity contribution in [2.24, 2.45) is 0 Å². The molecule has 2 atom stereocenters. The second kappa shape index (κ2) is 5.93. The van der Waals surface area contributed by atoms with E-state index >= 15 is 0 Å². The van der Waals surface area contributed by atoms with Crippen LogP contribution in [0.15, 0.2) is 28.7 Å². The van der Waals surface area contributed by atoms with Crippen molar-refractivity contribution in [1.29, 1.82) is 0 Å². The summed E-state index contributed by atoms with van der Waals surface area (Å²) in [5.41, 5.74) is 0.0720. The molecule has 0 spiro atoms. The molecule has 6 heteroatoms. The van der Waals surface area contributed by atoms with Gasteiger partial charge in [0.2, 0.25) is 0 Å². The minimum absolute atomic E-state index is 0.0781. The number of hydrogen-bond donors (Lipinski definition) is 1. The number of rotatable bonds is 5. The van der Waals surface area contributed by atoms with Crippen molar-refractivity contribution < 1.29 is 19.1 Å².